The average molecular weight is 441 g/mol. The molecule has 1 aromatic rings. The van der Waals surface area contributed by atoms with Crippen LogP contribution in [0.15, 0.2) is 35.5 Å². The van der Waals surface area contributed by atoms with Gasteiger partial charge in [0.15, 0.2) is 0 Å². The maximum absolute atomic E-state index is 13.5. The van der Waals surface area contributed by atoms with Gasteiger partial charge in [-0.2, -0.15) is 0 Å². The van der Waals surface area contributed by atoms with Crippen molar-refractivity contribution in [2.24, 2.45) is 28.8 Å². The molecule has 2 N–H and O–H groups in total. The fourth-order valence-electron chi connectivity index (χ4n) is 6.46. The number of benzene rings is 1. The molecule has 0 aromatic heterocycles. The third-order valence-corrected chi connectivity index (χ3v) is 8.01. The van der Waals surface area contributed by atoms with Crippen molar-refractivity contribution in [3.63, 3.8) is 0 Å². The molecule has 5 rings (SSSR count). The number of aliphatic hydroxyl groups is 2. The maximum Gasteiger partial charge on any atom is 0.233 e. The van der Waals surface area contributed by atoms with Crippen LogP contribution in [0, 0.1) is 23.7 Å². The van der Waals surface area contributed by atoms with Gasteiger partial charge in [-0.05, 0) is 31.2 Å². The number of fused-ring (bicyclic) bond motifs is 3. The molecule has 1 heterocycles. The molecule has 0 unspecified atom stereocenters. The zero-order chi connectivity index (χ0) is 22.2. The molecule has 172 valence electrons. The Labute approximate surface area is 188 Å². The van der Waals surface area contributed by atoms with Crippen molar-refractivity contribution in [1.29, 1.82) is 0 Å². The predicted octanol–water partition coefficient (Wildman–Crippen LogP) is 2.64. The van der Waals surface area contributed by atoms with Crippen LogP contribution in [0.2, 0.25) is 0 Å². The molecule has 32 heavy (non-hydrogen) atoms. The number of likely N-dealkylation sites (tertiary alicyclic amines) is 1. The van der Waals surface area contributed by atoms with Gasteiger partial charge in [0.05, 0.1) is 29.8 Å². The molecule has 6 atom stereocenters. The second-order valence-electron chi connectivity index (χ2n) is 9.84. The Morgan fingerprint density at radius 2 is 1.66 bits per heavy atom. The Balaban J connectivity index is 1.37. The summed E-state index contributed by atoms with van der Waals surface area (Å²) in [5.41, 5.74) is 1.69. The Morgan fingerprint density at radius 3 is 2.41 bits per heavy atom. The lowest BCUT2D eigenvalue weighted by Crippen LogP contribution is -2.54. The molecule has 1 aliphatic heterocycles. The van der Waals surface area contributed by atoms with Crippen LogP contribution in [0.1, 0.15) is 56.9 Å². The van der Waals surface area contributed by atoms with E-state index in [0.717, 1.165) is 37.7 Å². The highest BCUT2D eigenvalue weighted by molar-refractivity contribution is 6.06. The molecular weight excluding hydrogens is 408 g/mol. The van der Waals surface area contributed by atoms with Crippen LogP contribution in [-0.2, 0) is 21.0 Å². The molecule has 0 radical (unpaired) electrons. The first-order chi connectivity index (χ1) is 15.6. The Morgan fingerprint density at radius 1 is 0.938 bits per heavy atom. The van der Waals surface area contributed by atoms with E-state index in [4.69, 9.17) is 4.84 Å². The van der Waals surface area contributed by atoms with Crippen molar-refractivity contribution in [2.75, 3.05) is 0 Å². The van der Waals surface area contributed by atoms with Crippen molar-refractivity contribution < 1.29 is 24.6 Å². The minimum Gasteiger partial charge on any atom is -0.391 e. The summed E-state index contributed by atoms with van der Waals surface area (Å²) in [6.45, 7) is 0.319. The standard InChI is InChI=1S/C25H32N2O5/c28-20-13-19(26-32-14-15-7-3-1-4-8-15)17-11-12-18-22(21(17)23(20)29)25(31)27(24(18)30)16-9-5-2-6-10-16/h1,3-4,7-8,16-18,20-23,28-29H,2,5-6,9-14H2/t17-,18-,20-,21+,22-,23-/m1/s1. The predicted molar refractivity (Wildman–Crippen MR) is 117 cm³/mol. The molecule has 3 aliphatic carbocycles. The van der Waals surface area contributed by atoms with Gasteiger partial charge in [-0.1, -0.05) is 54.8 Å². The lowest BCUT2D eigenvalue weighted by Gasteiger charge is -2.45. The van der Waals surface area contributed by atoms with Crippen molar-refractivity contribution in [3.8, 4) is 0 Å². The van der Waals surface area contributed by atoms with Crippen molar-refractivity contribution in [1.82, 2.24) is 4.90 Å². The first kappa shape index (κ1) is 21.6. The van der Waals surface area contributed by atoms with Crippen LogP contribution < -0.4 is 0 Å². The number of nitrogens with zero attached hydrogens (tertiary/aromatic N) is 2. The zero-order valence-electron chi connectivity index (χ0n) is 18.3. The number of hydrogen-bond acceptors (Lipinski definition) is 6. The molecule has 4 fully saturated rings. The van der Waals surface area contributed by atoms with E-state index in [0.29, 0.717) is 25.2 Å². The van der Waals surface area contributed by atoms with Gasteiger partial charge in [0.1, 0.15) is 6.61 Å². The molecule has 3 saturated carbocycles. The summed E-state index contributed by atoms with van der Waals surface area (Å²) in [6.07, 6.45) is 4.43. The Bertz CT molecular complexity index is 882. The van der Waals surface area contributed by atoms with Crippen LogP contribution in [-0.4, -0.2) is 50.9 Å². The maximum atomic E-state index is 13.5. The van der Waals surface area contributed by atoms with Crippen LogP contribution in [0.5, 0.6) is 0 Å². The van der Waals surface area contributed by atoms with E-state index < -0.39 is 30.0 Å². The zero-order valence-corrected chi connectivity index (χ0v) is 18.3. The van der Waals surface area contributed by atoms with Gasteiger partial charge < -0.3 is 15.1 Å². The smallest absolute Gasteiger partial charge is 0.233 e. The summed E-state index contributed by atoms with van der Waals surface area (Å²) in [7, 11) is 0. The second kappa shape index (κ2) is 8.94. The molecule has 0 spiro atoms. The first-order valence-electron chi connectivity index (χ1n) is 12.0. The molecule has 2 amide bonds. The first-order valence-corrected chi connectivity index (χ1v) is 12.0. The van der Waals surface area contributed by atoms with Crippen molar-refractivity contribution in [2.45, 2.75) is 76.2 Å². The molecular formula is C25H32N2O5. The Hall–Kier alpha value is -2.25. The summed E-state index contributed by atoms with van der Waals surface area (Å²) < 4.78 is 0. The molecule has 0 bridgehead atoms. The number of imide groups is 1. The van der Waals surface area contributed by atoms with E-state index in [1.807, 2.05) is 30.3 Å². The van der Waals surface area contributed by atoms with Gasteiger partial charge in [0.25, 0.3) is 0 Å². The normalized spacial score (nSPS) is 36.8. The fourth-order valence-corrected chi connectivity index (χ4v) is 6.46. The molecule has 7 nitrogen and oxygen atoms in total. The van der Waals surface area contributed by atoms with Crippen LogP contribution in [0.3, 0.4) is 0 Å². The number of rotatable bonds is 4. The van der Waals surface area contributed by atoms with Crippen molar-refractivity contribution in [3.05, 3.63) is 35.9 Å². The van der Waals surface area contributed by atoms with Gasteiger partial charge in [-0.3, -0.25) is 14.5 Å². The average Bonchev–Trinajstić information content (AvgIpc) is 3.08. The van der Waals surface area contributed by atoms with Crippen molar-refractivity contribution >= 4 is 17.5 Å². The van der Waals surface area contributed by atoms with E-state index in [2.05, 4.69) is 5.16 Å². The largest absolute Gasteiger partial charge is 0.391 e. The fraction of sp³-hybridized carbons (Fsp3) is 0.640. The summed E-state index contributed by atoms with van der Waals surface area (Å²) in [4.78, 5) is 33.9. The number of aliphatic hydroxyl groups excluding tert-OH is 2. The summed E-state index contributed by atoms with van der Waals surface area (Å²) >= 11 is 0. The van der Waals surface area contributed by atoms with E-state index in [9.17, 15) is 19.8 Å². The number of carbonyl (C=O) groups excluding carboxylic acids is 2. The third kappa shape index (κ3) is 3.75. The summed E-state index contributed by atoms with van der Waals surface area (Å²) in [5.74, 6) is -1.85. The molecule has 4 aliphatic rings. The SMILES string of the molecule is O=C1[C@H]2[C@H]3[C@H](O)[C@H](O)CC(=NOCc4ccccc4)[C@H]3CC[C@H]2C(=O)N1C1CCCCC1. The summed E-state index contributed by atoms with van der Waals surface area (Å²) in [6, 6.07) is 9.70. The van der Waals surface area contributed by atoms with E-state index in [1.165, 1.54) is 4.90 Å². The van der Waals surface area contributed by atoms with Gasteiger partial charge in [0, 0.05) is 24.3 Å². The minimum absolute atomic E-state index is 0.0131. The van der Waals surface area contributed by atoms with Gasteiger partial charge >= 0.3 is 0 Å². The lowest BCUT2D eigenvalue weighted by atomic mass is 9.60. The molecule has 7 heteroatoms. The minimum atomic E-state index is -1.04. The lowest BCUT2D eigenvalue weighted by molar-refractivity contribution is -0.145. The van der Waals surface area contributed by atoms with Gasteiger partial charge in [0.2, 0.25) is 11.8 Å². The monoisotopic (exact) mass is 440 g/mol. The molecule has 1 aromatic carbocycles. The quantitative estimate of drug-likeness (QED) is 0.554. The van der Waals surface area contributed by atoms with Crippen LogP contribution in [0.4, 0.5) is 0 Å². The topological polar surface area (TPSA) is 99.4 Å². The number of oxime groups is 1. The van der Waals surface area contributed by atoms with Gasteiger partial charge in [-0.15, -0.1) is 0 Å². The Kier molecular flexibility index (Phi) is 6.03. The highest BCUT2D eigenvalue weighted by Crippen LogP contribution is 2.50. The van der Waals surface area contributed by atoms with Crippen LogP contribution in [0.25, 0.3) is 0 Å². The van der Waals surface area contributed by atoms with Gasteiger partial charge in [-0.25, -0.2) is 0 Å². The number of hydrogen-bond donors (Lipinski definition) is 2. The molecule has 1 saturated heterocycles. The number of amides is 2. The highest BCUT2D eigenvalue weighted by atomic mass is 16.6. The number of carbonyl (C=O) groups is 2. The summed E-state index contributed by atoms with van der Waals surface area (Å²) in [5, 5.41) is 25.9. The third-order valence-electron chi connectivity index (χ3n) is 8.01. The second-order valence-corrected chi connectivity index (χ2v) is 9.84. The van der Waals surface area contributed by atoms with E-state index in [-0.39, 0.29) is 30.2 Å². The van der Waals surface area contributed by atoms with Crippen LogP contribution >= 0.6 is 0 Å². The van der Waals surface area contributed by atoms with E-state index in [1.54, 1.807) is 0 Å². The highest BCUT2D eigenvalue weighted by Gasteiger charge is 2.60. The van der Waals surface area contributed by atoms with E-state index >= 15 is 0 Å².